The van der Waals surface area contributed by atoms with E-state index < -0.39 is 0 Å². The van der Waals surface area contributed by atoms with E-state index in [0.29, 0.717) is 10.2 Å². The highest BCUT2D eigenvalue weighted by Crippen LogP contribution is 2.25. The van der Waals surface area contributed by atoms with Gasteiger partial charge in [-0.15, -0.1) is 0 Å². The first-order chi connectivity index (χ1) is 7.61. The molecule has 1 heterocycles. The average Bonchev–Trinajstić information content (AvgIpc) is 2.27. The van der Waals surface area contributed by atoms with E-state index in [4.69, 9.17) is 12.2 Å². The summed E-state index contributed by atoms with van der Waals surface area (Å²) in [5.74, 6) is -0.215. The van der Waals surface area contributed by atoms with Crippen LogP contribution >= 0.6 is 12.2 Å². The van der Waals surface area contributed by atoms with Crippen LogP contribution in [-0.4, -0.2) is 9.97 Å². The van der Waals surface area contributed by atoms with Crippen molar-refractivity contribution in [2.75, 3.05) is 0 Å². The molecule has 0 spiro atoms. The molecule has 0 aliphatic carbocycles. The second kappa shape index (κ2) is 4.14. The highest BCUT2D eigenvalue weighted by Gasteiger charge is 2.09. The molecule has 1 N–H and O–H groups in total. The number of halogens is 1. The molecule has 2 rings (SSSR count). The highest BCUT2D eigenvalue weighted by molar-refractivity contribution is 7.71. The van der Waals surface area contributed by atoms with Crippen molar-refractivity contribution in [3.8, 4) is 11.3 Å². The van der Waals surface area contributed by atoms with E-state index in [1.807, 2.05) is 13.0 Å². The zero-order valence-electron chi connectivity index (χ0n) is 9.04. The van der Waals surface area contributed by atoms with Gasteiger partial charge < -0.3 is 4.98 Å². The predicted octanol–water partition coefficient (Wildman–Crippen LogP) is 3.56. The van der Waals surface area contributed by atoms with Crippen LogP contribution in [0.5, 0.6) is 0 Å². The molecule has 2 nitrogen and oxygen atoms in total. The van der Waals surface area contributed by atoms with Crippen LogP contribution in [0.1, 0.15) is 11.1 Å². The van der Waals surface area contributed by atoms with Gasteiger partial charge in [-0.3, -0.25) is 0 Å². The van der Waals surface area contributed by atoms with Crippen molar-refractivity contribution in [2.24, 2.45) is 0 Å². The first kappa shape index (κ1) is 11.0. The lowest BCUT2D eigenvalue weighted by molar-refractivity contribution is 0.619. The maximum atomic E-state index is 13.4. The van der Waals surface area contributed by atoms with E-state index in [2.05, 4.69) is 9.97 Å². The van der Waals surface area contributed by atoms with Gasteiger partial charge in [0.15, 0.2) is 0 Å². The maximum Gasteiger partial charge on any atom is 0.132 e. The molecule has 1 aromatic carbocycles. The number of H-pyrrole nitrogens is 1. The zero-order chi connectivity index (χ0) is 11.7. The number of nitrogens with zero attached hydrogens (tertiary/aromatic N) is 1. The Hall–Kier alpha value is -1.55. The number of nitrogens with one attached hydrogen (secondary N) is 1. The fourth-order valence-corrected chi connectivity index (χ4v) is 1.78. The predicted molar refractivity (Wildman–Crippen MR) is 64.3 cm³/mol. The van der Waals surface area contributed by atoms with Crippen molar-refractivity contribution >= 4 is 12.2 Å². The number of aromatic amines is 1. The van der Waals surface area contributed by atoms with Crippen LogP contribution in [0, 0.1) is 24.3 Å². The van der Waals surface area contributed by atoms with Gasteiger partial charge in [-0.25, -0.2) is 9.37 Å². The molecule has 0 aliphatic rings. The summed E-state index contributed by atoms with van der Waals surface area (Å²) in [6.07, 6.45) is 1.54. The lowest BCUT2D eigenvalue weighted by Crippen LogP contribution is -1.95. The molecule has 82 valence electrons. The van der Waals surface area contributed by atoms with E-state index in [-0.39, 0.29) is 5.82 Å². The van der Waals surface area contributed by atoms with Crippen LogP contribution in [0.15, 0.2) is 24.5 Å². The highest BCUT2D eigenvalue weighted by atomic mass is 32.1. The SMILES string of the molecule is Cc1c(F)cccc1-c1[nH]cnc(=S)c1C. The quantitative estimate of drug-likeness (QED) is 0.764. The van der Waals surface area contributed by atoms with Crippen molar-refractivity contribution in [3.63, 3.8) is 0 Å². The molecule has 0 amide bonds. The molecule has 0 fully saturated rings. The Morgan fingerprint density at radius 1 is 1.25 bits per heavy atom. The van der Waals surface area contributed by atoms with Gasteiger partial charge in [-0.1, -0.05) is 24.4 Å². The Morgan fingerprint density at radius 2 is 2.00 bits per heavy atom. The second-order valence-corrected chi connectivity index (χ2v) is 4.01. The molecular formula is C12H11FN2S. The summed E-state index contributed by atoms with van der Waals surface area (Å²) in [6, 6.07) is 5.00. The fourth-order valence-electron chi connectivity index (χ4n) is 1.63. The fraction of sp³-hybridized carbons (Fsp3) is 0.167. The van der Waals surface area contributed by atoms with Crippen molar-refractivity contribution in [3.05, 3.63) is 46.1 Å². The summed E-state index contributed by atoms with van der Waals surface area (Å²) in [7, 11) is 0. The van der Waals surface area contributed by atoms with Gasteiger partial charge >= 0.3 is 0 Å². The number of hydrogen-bond donors (Lipinski definition) is 1. The average molecular weight is 234 g/mol. The summed E-state index contributed by atoms with van der Waals surface area (Å²) < 4.78 is 14.0. The van der Waals surface area contributed by atoms with Crippen LogP contribution in [0.3, 0.4) is 0 Å². The number of benzene rings is 1. The summed E-state index contributed by atoms with van der Waals surface area (Å²) in [6.45, 7) is 3.63. The first-order valence-electron chi connectivity index (χ1n) is 4.91. The van der Waals surface area contributed by atoms with Crippen LogP contribution in [0.4, 0.5) is 4.39 Å². The van der Waals surface area contributed by atoms with E-state index in [1.165, 1.54) is 12.4 Å². The van der Waals surface area contributed by atoms with Crippen LogP contribution in [0.2, 0.25) is 0 Å². The Balaban J connectivity index is 2.73. The minimum absolute atomic E-state index is 0.215. The van der Waals surface area contributed by atoms with Gasteiger partial charge in [0.2, 0.25) is 0 Å². The third-order valence-corrected chi connectivity index (χ3v) is 3.04. The van der Waals surface area contributed by atoms with Crippen molar-refractivity contribution in [2.45, 2.75) is 13.8 Å². The molecular weight excluding hydrogens is 223 g/mol. The summed E-state index contributed by atoms with van der Waals surface area (Å²) in [5.41, 5.74) is 3.14. The largest absolute Gasteiger partial charge is 0.346 e. The Morgan fingerprint density at radius 3 is 2.75 bits per heavy atom. The third-order valence-electron chi connectivity index (χ3n) is 2.62. The monoisotopic (exact) mass is 234 g/mol. The molecule has 0 atom stereocenters. The lowest BCUT2D eigenvalue weighted by atomic mass is 10.0. The summed E-state index contributed by atoms with van der Waals surface area (Å²) >= 11 is 5.09. The topological polar surface area (TPSA) is 28.7 Å². The van der Waals surface area contributed by atoms with E-state index in [0.717, 1.165) is 16.8 Å². The molecule has 1 aromatic heterocycles. The number of aromatic nitrogens is 2. The van der Waals surface area contributed by atoms with Crippen LogP contribution < -0.4 is 0 Å². The third kappa shape index (κ3) is 1.76. The second-order valence-electron chi connectivity index (χ2n) is 3.62. The van der Waals surface area contributed by atoms with Gasteiger partial charge in [-0.05, 0) is 25.5 Å². The van der Waals surface area contributed by atoms with Gasteiger partial charge in [0, 0.05) is 11.1 Å². The number of hydrogen-bond acceptors (Lipinski definition) is 2. The van der Waals surface area contributed by atoms with Crippen molar-refractivity contribution in [1.29, 1.82) is 0 Å². The molecule has 0 unspecified atom stereocenters. The van der Waals surface area contributed by atoms with E-state index in [1.54, 1.807) is 13.0 Å². The minimum Gasteiger partial charge on any atom is -0.346 e. The molecule has 0 saturated heterocycles. The normalized spacial score (nSPS) is 10.4. The van der Waals surface area contributed by atoms with Gasteiger partial charge in [-0.2, -0.15) is 0 Å². The molecule has 16 heavy (non-hydrogen) atoms. The van der Waals surface area contributed by atoms with Gasteiger partial charge in [0.05, 0.1) is 12.0 Å². The zero-order valence-corrected chi connectivity index (χ0v) is 9.86. The van der Waals surface area contributed by atoms with Crippen molar-refractivity contribution in [1.82, 2.24) is 9.97 Å². The van der Waals surface area contributed by atoms with Gasteiger partial charge in [0.1, 0.15) is 10.5 Å². The Labute approximate surface area is 98.2 Å². The van der Waals surface area contributed by atoms with Crippen molar-refractivity contribution < 1.29 is 4.39 Å². The molecule has 4 heteroatoms. The lowest BCUT2D eigenvalue weighted by Gasteiger charge is -2.09. The van der Waals surface area contributed by atoms with Crippen LogP contribution in [0.25, 0.3) is 11.3 Å². The molecule has 0 radical (unpaired) electrons. The maximum absolute atomic E-state index is 13.4. The Bertz CT molecular complexity index is 590. The van der Waals surface area contributed by atoms with Gasteiger partial charge in [0.25, 0.3) is 0 Å². The smallest absolute Gasteiger partial charge is 0.132 e. The number of rotatable bonds is 1. The first-order valence-corrected chi connectivity index (χ1v) is 5.32. The molecule has 0 aliphatic heterocycles. The standard InChI is InChI=1S/C12H11FN2S/c1-7-9(4-3-5-10(7)13)11-8(2)12(16)15-6-14-11/h3-6H,1-2H3,(H,14,15,16). The summed E-state index contributed by atoms with van der Waals surface area (Å²) in [5, 5.41) is 0. The molecule has 2 aromatic rings. The minimum atomic E-state index is -0.215. The summed E-state index contributed by atoms with van der Waals surface area (Å²) in [4.78, 5) is 7.00. The molecule has 0 bridgehead atoms. The van der Waals surface area contributed by atoms with E-state index in [9.17, 15) is 4.39 Å². The Kier molecular flexibility index (Phi) is 2.83. The van der Waals surface area contributed by atoms with E-state index >= 15 is 0 Å². The molecule has 0 saturated carbocycles. The van der Waals surface area contributed by atoms with Crippen LogP contribution in [-0.2, 0) is 0 Å².